The van der Waals surface area contributed by atoms with Gasteiger partial charge in [-0.15, -0.1) is 0 Å². The summed E-state index contributed by atoms with van der Waals surface area (Å²) in [6, 6.07) is 7.50. The van der Waals surface area contributed by atoms with Crippen LogP contribution in [0.3, 0.4) is 0 Å². The lowest BCUT2D eigenvalue weighted by Crippen LogP contribution is -2.31. The molecule has 0 unspecified atom stereocenters. The van der Waals surface area contributed by atoms with Gasteiger partial charge in [0.2, 0.25) is 10.0 Å². The van der Waals surface area contributed by atoms with Crippen molar-refractivity contribution in [1.29, 1.82) is 0 Å². The molecule has 3 N–H and O–H groups in total. The highest BCUT2D eigenvalue weighted by Gasteiger charge is 2.15. The number of benzene rings is 1. The molecule has 1 aromatic rings. The number of anilines is 1. The van der Waals surface area contributed by atoms with Crippen molar-refractivity contribution in [1.82, 2.24) is 4.72 Å². The monoisotopic (exact) mass is 284 g/mol. The minimum atomic E-state index is -3.16. The molecule has 0 amide bonds. The van der Waals surface area contributed by atoms with Crippen LogP contribution in [0.4, 0.5) is 5.69 Å². The van der Waals surface area contributed by atoms with E-state index in [2.05, 4.69) is 4.72 Å². The Kier molecular flexibility index (Phi) is 6.31. The van der Waals surface area contributed by atoms with Gasteiger partial charge in [-0.25, -0.2) is 13.1 Å². The highest BCUT2D eigenvalue weighted by molar-refractivity contribution is 7.89. The average Bonchev–Trinajstić information content (AvgIpc) is 2.38. The zero-order chi connectivity index (χ0) is 14.3. The number of nitrogens with one attached hydrogen (secondary N) is 1. The van der Waals surface area contributed by atoms with Gasteiger partial charge in [-0.1, -0.05) is 38.8 Å². The summed E-state index contributed by atoms with van der Waals surface area (Å²) in [4.78, 5) is 0. The smallest absolute Gasteiger partial charge is 0.211 e. The largest absolute Gasteiger partial charge is 0.399 e. The summed E-state index contributed by atoms with van der Waals surface area (Å²) in [5, 5.41) is 0. The Morgan fingerprint density at radius 1 is 1.16 bits per heavy atom. The minimum absolute atomic E-state index is 0.224. The van der Waals surface area contributed by atoms with Gasteiger partial charge in [0.15, 0.2) is 0 Å². The van der Waals surface area contributed by atoms with Gasteiger partial charge in [0.1, 0.15) is 0 Å². The van der Waals surface area contributed by atoms with Crippen LogP contribution in [0.5, 0.6) is 0 Å². The van der Waals surface area contributed by atoms with Crippen LogP contribution in [-0.2, 0) is 16.4 Å². The third kappa shape index (κ3) is 6.07. The van der Waals surface area contributed by atoms with Gasteiger partial charge in [-0.05, 0) is 30.0 Å². The molecule has 0 aliphatic rings. The molecule has 1 aromatic carbocycles. The molecule has 108 valence electrons. The topological polar surface area (TPSA) is 72.2 Å². The van der Waals surface area contributed by atoms with E-state index in [1.807, 2.05) is 38.1 Å². The lowest BCUT2D eigenvalue weighted by molar-refractivity contribution is 0.517. The molecular formula is C14H24N2O2S. The Morgan fingerprint density at radius 3 is 2.26 bits per heavy atom. The predicted octanol–water partition coefficient (Wildman–Crippen LogP) is 2.17. The number of hydrogen-bond donors (Lipinski definition) is 2. The lowest BCUT2D eigenvalue weighted by atomic mass is 10.1. The Bertz CT molecular complexity index is 465. The molecule has 5 heteroatoms. The second-order valence-corrected chi connectivity index (χ2v) is 6.70. The Hall–Kier alpha value is -1.07. The Morgan fingerprint density at radius 2 is 1.74 bits per heavy atom. The van der Waals surface area contributed by atoms with Gasteiger partial charge < -0.3 is 5.73 Å². The fourth-order valence-corrected chi connectivity index (χ4v) is 3.55. The predicted molar refractivity (Wildman–Crippen MR) is 80.4 cm³/mol. The van der Waals surface area contributed by atoms with Gasteiger partial charge in [-0.2, -0.15) is 0 Å². The molecule has 1 rings (SSSR count). The summed E-state index contributed by atoms with van der Waals surface area (Å²) in [6.45, 7) is 4.49. The molecule has 0 atom stereocenters. The van der Waals surface area contributed by atoms with E-state index in [-0.39, 0.29) is 11.7 Å². The second kappa shape index (κ2) is 7.50. The van der Waals surface area contributed by atoms with Crippen molar-refractivity contribution < 1.29 is 8.42 Å². The molecule has 0 aliphatic heterocycles. The second-order valence-electron chi connectivity index (χ2n) is 4.85. The van der Waals surface area contributed by atoms with Crippen molar-refractivity contribution in [3.63, 3.8) is 0 Å². The first kappa shape index (κ1) is 16.0. The van der Waals surface area contributed by atoms with E-state index in [0.29, 0.717) is 13.0 Å². The molecule has 0 radical (unpaired) electrons. The van der Waals surface area contributed by atoms with E-state index in [0.717, 1.165) is 24.1 Å². The van der Waals surface area contributed by atoms with Crippen molar-refractivity contribution in [2.45, 2.75) is 33.1 Å². The first-order valence-electron chi connectivity index (χ1n) is 6.78. The van der Waals surface area contributed by atoms with Crippen LogP contribution < -0.4 is 10.5 Å². The maximum atomic E-state index is 11.9. The van der Waals surface area contributed by atoms with Gasteiger partial charge in [0.25, 0.3) is 0 Å². The van der Waals surface area contributed by atoms with E-state index in [9.17, 15) is 8.42 Å². The van der Waals surface area contributed by atoms with Crippen LogP contribution in [0.25, 0.3) is 0 Å². The molecule has 0 fully saturated rings. The number of nitrogens with two attached hydrogens (primary N) is 1. The molecule has 0 heterocycles. The summed E-state index contributed by atoms with van der Waals surface area (Å²) >= 11 is 0. The molecule has 0 aliphatic carbocycles. The number of hydrogen-bond acceptors (Lipinski definition) is 3. The molecular weight excluding hydrogens is 260 g/mol. The minimum Gasteiger partial charge on any atom is -0.399 e. The van der Waals surface area contributed by atoms with Crippen molar-refractivity contribution >= 4 is 15.7 Å². The summed E-state index contributed by atoms with van der Waals surface area (Å²) in [7, 11) is -3.16. The lowest BCUT2D eigenvalue weighted by Gasteiger charge is -2.13. The molecule has 0 saturated heterocycles. The maximum Gasteiger partial charge on any atom is 0.211 e. The third-order valence-corrected chi connectivity index (χ3v) is 4.88. The zero-order valence-electron chi connectivity index (χ0n) is 11.7. The van der Waals surface area contributed by atoms with Crippen molar-refractivity contribution in [3.05, 3.63) is 29.8 Å². The number of sulfonamides is 1. The van der Waals surface area contributed by atoms with Crippen LogP contribution in [0.15, 0.2) is 24.3 Å². The Labute approximate surface area is 116 Å². The summed E-state index contributed by atoms with van der Waals surface area (Å²) in [5.74, 6) is 0.468. The molecule has 0 bridgehead atoms. The molecule has 19 heavy (non-hydrogen) atoms. The highest BCUT2D eigenvalue weighted by Crippen LogP contribution is 2.10. The van der Waals surface area contributed by atoms with E-state index in [1.165, 1.54) is 0 Å². The van der Waals surface area contributed by atoms with Crippen LogP contribution in [0.1, 0.15) is 32.3 Å². The molecule has 0 aromatic heterocycles. The summed E-state index contributed by atoms with van der Waals surface area (Å²) in [6.07, 6.45) is 2.48. The normalized spacial score (nSPS) is 11.9. The first-order chi connectivity index (χ1) is 8.96. The number of rotatable bonds is 8. The molecule has 0 saturated carbocycles. The van der Waals surface area contributed by atoms with E-state index >= 15 is 0 Å². The van der Waals surface area contributed by atoms with E-state index < -0.39 is 10.0 Å². The van der Waals surface area contributed by atoms with Crippen LogP contribution in [0, 0.1) is 5.92 Å². The van der Waals surface area contributed by atoms with Gasteiger partial charge in [0.05, 0.1) is 5.75 Å². The van der Waals surface area contributed by atoms with Gasteiger partial charge in [-0.3, -0.25) is 0 Å². The molecule has 0 spiro atoms. The van der Waals surface area contributed by atoms with Gasteiger partial charge >= 0.3 is 0 Å². The van der Waals surface area contributed by atoms with Crippen LogP contribution in [0.2, 0.25) is 0 Å². The number of nitrogen functional groups attached to an aromatic ring is 1. The third-order valence-electron chi connectivity index (χ3n) is 3.33. The van der Waals surface area contributed by atoms with Crippen molar-refractivity contribution in [2.24, 2.45) is 5.92 Å². The van der Waals surface area contributed by atoms with Crippen LogP contribution >= 0.6 is 0 Å². The first-order valence-corrected chi connectivity index (χ1v) is 8.43. The quantitative estimate of drug-likeness (QED) is 0.719. The van der Waals surface area contributed by atoms with Crippen molar-refractivity contribution in [2.75, 3.05) is 18.0 Å². The average molecular weight is 284 g/mol. The van der Waals surface area contributed by atoms with Crippen molar-refractivity contribution in [3.8, 4) is 0 Å². The van der Waals surface area contributed by atoms with E-state index in [4.69, 9.17) is 5.73 Å². The molecule has 4 nitrogen and oxygen atoms in total. The standard InChI is InChI=1S/C14H24N2O2S/c1-3-12(4-2)11-19(17,18)16-10-9-13-5-7-14(15)8-6-13/h5-8,12,16H,3-4,9-11,15H2,1-2H3. The Balaban J connectivity index is 2.41. The SMILES string of the molecule is CCC(CC)CS(=O)(=O)NCCc1ccc(N)cc1. The van der Waals surface area contributed by atoms with E-state index in [1.54, 1.807) is 0 Å². The highest BCUT2D eigenvalue weighted by atomic mass is 32.2. The summed E-state index contributed by atoms with van der Waals surface area (Å²) in [5.41, 5.74) is 7.40. The van der Waals surface area contributed by atoms with Gasteiger partial charge in [0, 0.05) is 12.2 Å². The fraction of sp³-hybridized carbons (Fsp3) is 0.571. The maximum absolute atomic E-state index is 11.9. The fourth-order valence-electron chi connectivity index (χ4n) is 1.93. The zero-order valence-corrected chi connectivity index (χ0v) is 12.5. The summed E-state index contributed by atoms with van der Waals surface area (Å²) < 4.78 is 26.4. The van der Waals surface area contributed by atoms with Crippen LogP contribution in [-0.4, -0.2) is 20.7 Å².